The molecule has 0 aliphatic carbocycles. The number of Topliss-reactive ketones (excluding diaryl/α,β-unsaturated/α-hetero) is 1. The van der Waals surface area contributed by atoms with Gasteiger partial charge in [-0.05, 0) is 13.8 Å². The predicted molar refractivity (Wildman–Crippen MR) is 44.6 cm³/mol. The number of nitrogens with two attached hydrogens (primary N) is 1. The van der Waals surface area contributed by atoms with E-state index in [-0.39, 0.29) is 5.78 Å². The lowest BCUT2D eigenvalue weighted by atomic mass is 9.96. The van der Waals surface area contributed by atoms with Gasteiger partial charge in [-0.25, -0.2) is 9.97 Å². The third-order valence-corrected chi connectivity index (χ3v) is 1.41. The van der Waals surface area contributed by atoms with Crippen LogP contribution in [0.3, 0.4) is 0 Å². The van der Waals surface area contributed by atoms with Crippen molar-refractivity contribution < 1.29 is 4.79 Å². The lowest BCUT2D eigenvalue weighted by Crippen LogP contribution is -2.41. The number of nitrogens with zero attached hydrogens (tertiary/aromatic N) is 2. The Bertz CT molecular complexity index is 276. The molecule has 1 rings (SSSR count). The second-order valence-electron chi connectivity index (χ2n) is 3.18. The molecule has 1 aromatic heterocycles. The van der Waals surface area contributed by atoms with Crippen LogP contribution in [0.25, 0.3) is 0 Å². The Morgan fingerprint density at radius 2 is 1.92 bits per heavy atom. The highest BCUT2D eigenvalue weighted by molar-refractivity contribution is 6.01. The number of aromatic nitrogens is 2. The molecule has 0 fully saturated rings. The summed E-state index contributed by atoms with van der Waals surface area (Å²) in [4.78, 5) is 18.9. The Morgan fingerprint density at radius 1 is 1.42 bits per heavy atom. The van der Waals surface area contributed by atoms with E-state index in [2.05, 4.69) is 9.97 Å². The zero-order chi connectivity index (χ0) is 9.19. The number of ketones is 1. The smallest absolute Gasteiger partial charge is 0.185 e. The number of carbonyl (C=O) groups is 1. The van der Waals surface area contributed by atoms with Crippen LogP contribution in [-0.4, -0.2) is 21.3 Å². The van der Waals surface area contributed by atoms with Crippen LogP contribution < -0.4 is 5.73 Å². The molecule has 1 heterocycles. The SMILES string of the molecule is CC(C)(N)C(=O)c1cncnc1. The molecule has 0 atom stereocenters. The number of carbonyl (C=O) groups excluding carboxylic acids is 1. The summed E-state index contributed by atoms with van der Waals surface area (Å²) < 4.78 is 0. The summed E-state index contributed by atoms with van der Waals surface area (Å²) in [7, 11) is 0. The van der Waals surface area contributed by atoms with Gasteiger partial charge < -0.3 is 5.73 Å². The van der Waals surface area contributed by atoms with Gasteiger partial charge in [-0.1, -0.05) is 0 Å². The normalized spacial score (nSPS) is 11.2. The minimum Gasteiger partial charge on any atom is -0.319 e. The maximum Gasteiger partial charge on any atom is 0.185 e. The van der Waals surface area contributed by atoms with Gasteiger partial charge >= 0.3 is 0 Å². The van der Waals surface area contributed by atoms with E-state index in [9.17, 15) is 4.79 Å². The second-order valence-corrected chi connectivity index (χ2v) is 3.18. The molecule has 0 aliphatic heterocycles. The van der Waals surface area contributed by atoms with Crippen molar-refractivity contribution >= 4 is 5.78 Å². The van der Waals surface area contributed by atoms with E-state index < -0.39 is 5.54 Å². The first-order valence-corrected chi connectivity index (χ1v) is 3.60. The van der Waals surface area contributed by atoms with Crippen LogP contribution in [0.5, 0.6) is 0 Å². The Balaban J connectivity index is 2.94. The van der Waals surface area contributed by atoms with E-state index in [1.54, 1.807) is 13.8 Å². The molecule has 4 heteroatoms. The topological polar surface area (TPSA) is 68.9 Å². The minimum atomic E-state index is -0.856. The third-order valence-electron chi connectivity index (χ3n) is 1.41. The van der Waals surface area contributed by atoms with E-state index in [0.29, 0.717) is 5.56 Å². The molecule has 4 nitrogen and oxygen atoms in total. The van der Waals surface area contributed by atoms with E-state index in [0.717, 1.165) is 0 Å². The summed E-state index contributed by atoms with van der Waals surface area (Å²) in [5.74, 6) is -0.150. The van der Waals surface area contributed by atoms with Crippen LogP contribution in [0.2, 0.25) is 0 Å². The van der Waals surface area contributed by atoms with Gasteiger partial charge in [0.15, 0.2) is 5.78 Å². The van der Waals surface area contributed by atoms with Crippen molar-refractivity contribution in [2.24, 2.45) is 5.73 Å². The van der Waals surface area contributed by atoms with Gasteiger partial charge in [0.05, 0.1) is 11.1 Å². The van der Waals surface area contributed by atoms with E-state index in [4.69, 9.17) is 5.73 Å². The average Bonchev–Trinajstić information content (AvgIpc) is 2.03. The summed E-state index contributed by atoms with van der Waals surface area (Å²) in [5.41, 5.74) is 5.20. The molecule has 0 aromatic carbocycles. The van der Waals surface area contributed by atoms with Gasteiger partial charge in [0, 0.05) is 12.4 Å². The molecule has 0 unspecified atom stereocenters. The molecule has 0 bridgehead atoms. The van der Waals surface area contributed by atoms with E-state index in [1.807, 2.05) is 0 Å². The Labute approximate surface area is 70.8 Å². The lowest BCUT2D eigenvalue weighted by Gasteiger charge is -2.15. The van der Waals surface area contributed by atoms with Crippen LogP contribution in [0.4, 0.5) is 0 Å². The zero-order valence-electron chi connectivity index (χ0n) is 7.11. The van der Waals surface area contributed by atoms with Crippen LogP contribution in [-0.2, 0) is 0 Å². The molecule has 64 valence electrons. The molecule has 12 heavy (non-hydrogen) atoms. The Morgan fingerprint density at radius 3 is 2.33 bits per heavy atom. The highest BCUT2D eigenvalue weighted by Gasteiger charge is 2.23. The van der Waals surface area contributed by atoms with Crippen molar-refractivity contribution in [1.29, 1.82) is 0 Å². The molecule has 1 aromatic rings. The molecule has 2 N–H and O–H groups in total. The fraction of sp³-hybridized carbons (Fsp3) is 0.375. The Hall–Kier alpha value is -1.29. The first-order valence-electron chi connectivity index (χ1n) is 3.60. The fourth-order valence-electron chi connectivity index (χ4n) is 0.788. The third kappa shape index (κ3) is 1.85. The summed E-state index contributed by atoms with van der Waals surface area (Å²) in [6.45, 7) is 3.31. The summed E-state index contributed by atoms with van der Waals surface area (Å²) >= 11 is 0. The van der Waals surface area contributed by atoms with Crippen LogP contribution in [0, 0.1) is 0 Å². The van der Waals surface area contributed by atoms with Gasteiger partial charge in [0.25, 0.3) is 0 Å². The first-order chi connectivity index (χ1) is 5.52. The average molecular weight is 165 g/mol. The van der Waals surface area contributed by atoms with Crippen molar-refractivity contribution in [2.45, 2.75) is 19.4 Å². The Kier molecular flexibility index (Phi) is 2.19. The minimum absolute atomic E-state index is 0.150. The standard InChI is InChI=1S/C8H11N3O/c1-8(2,9)7(12)6-3-10-5-11-4-6/h3-5H,9H2,1-2H3. The number of hydrogen-bond donors (Lipinski definition) is 1. The van der Waals surface area contributed by atoms with Crippen molar-refractivity contribution in [3.05, 3.63) is 24.3 Å². The quantitative estimate of drug-likeness (QED) is 0.644. The van der Waals surface area contributed by atoms with Crippen molar-refractivity contribution in [1.82, 2.24) is 9.97 Å². The fourth-order valence-corrected chi connectivity index (χ4v) is 0.788. The molecule has 0 radical (unpaired) electrons. The van der Waals surface area contributed by atoms with Crippen molar-refractivity contribution in [3.63, 3.8) is 0 Å². The van der Waals surface area contributed by atoms with Gasteiger partial charge in [0.1, 0.15) is 6.33 Å². The van der Waals surface area contributed by atoms with Crippen molar-refractivity contribution in [3.8, 4) is 0 Å². The molecular formula is C8H11N3O. The monoisotopic (exact) mass is 165 g/mol. The highest BCUT2D eigenvalue weighted by atomic mass is 16.1. The first kappa shape index (κ1) is 8.80. The van der Waals surface area contributed by atoms with Crippen molar-refractivity contribution in [2.75, 3.05) is 0 Å². The van der Waals surface area contributed by atoms with Gasteiger partial charge in [0.2, 0.25) is 0 Å². The lowest BCUT2D eigenvalue weighted by molar-refractivity contribution is 0.0913. The number of hydrogen-bond acceptors (Lipinski definition) is 4. The zero-order valence-corrected chi connectivity index (χ0v) is 7.11. The van der Waals surface area contributed by atoms with E-state index >= 15 is 0 Å². The largest absolute Gasteiger partial charge is 0.319 e. The van der Waals surface area contributed by atoms with Gasteiger partial charge in [-0.15, -0.1) is 0 Å². The van der Waals surface area contributed by atoms with Gasteiger partial charge in [-0.2, -0.15) is 0 Å². The van der Waals surface area contributed by atoms with Crippen LogP contribution in [0.1, 0.15) is 24.2 Å². The van der Waals surface area contributed by atoms with Gasteiger partial charge in [-0.3, -0.25) is 4.79 Å². The number of rotatable bonds is 2. The summed E-state index contributed by atoms with van der Waals surface area (Å²) in [6, 6.07) is 0. The van der Waals surface area contributed by atoms with E-state index in [1.165, 1.54) is 18.7 Å². The maximum atomic E-state index is 11.5. The summed E-state index contributed by atoms with van der Waals surface area (Å²) in [5, 5.41) is 0. The highest BCUT2D eigenvalue weighted by Crippen LogP contribution is 2.07. The summed E-state index contributed by atoms with van der Waals surface area (Å²) in [6.07, 6.45) is 4.30. The van der Waals surface area contributed by atoms with Crippen LogP contribution in [0.15, 0.2) is 18.7 Å². The molecule has 0 amide bonds. The maximum absolute atomic E-state index is 11.5. The molecule has 0 aliphatic rings. The molecule has 0 spiro atoms. The molecule has 0 saturated heterocycles. The van der Waals surface area contributed by atoms with Crippen LogP contribution >= 0.6 is 0 Å². The molecule has 0 saturated carbocycles. The predicted octanol–water partition coefficient (Wildman–Crippen LogP) is 0.397. The second kappa shape index (κ2) is 2.98. The molecular weight excluding hydrogens is 154 g/mol.